The van der Waals surface area contributed by atoms with Gasteiger partial charge in [-0.15, -0.1) is 0 Å². The van der Waals surface area contributed by atoms with E-state index in [1.54, 1.807) is 30.3 Å². The first-order valence-electron chi connectivity index (χ1n) is 8.19. The molecule has 28 heavy (non-hydrogen) atoms. The number of benzene rings is 2. The molecule has 5 nitrogen and oxygen atoms in total. The van der Waals surface area contributed by atoms with E-state index in [0.717, 1.165) is 0 Å². The number of carbonyl (C=O) groups excluding carboxylic acids is 2. The van der Waals surface area contributed by atoms with Crippen LogP contribution in [0.25, 0.3) is 11.3 Å². The summed E-state index contributed by atoms with van der Waals surface area (Å²) < 4.78 is 18.8. The maximum atomic E-state index is 13.2. The van der Waals surface area contributed by atoms with Gasteiger partial charge in [0.15, 0.2) is 5.76 Å². The number of nitrogens with zero attached hydrogens (tertiary/aromatic N) is 1. The van der Waals surface area contributed by atoms with Crippen molar-refractivity contribution in [2.75, 3.05) is 18.9 Å². The Kier molecular flexibility index (Phi) is 6.02. The molecule has 0 aliphatic rings. The van der Waals surface area contributed by atoms with Crippen LogP contribution in [-0.4, -0.2) is 30.3 Å². The van der Waals surface area contributed by atoms with Gasteiger partial charge >= 0.3 is 0 Å². The highest BCUT2D eigenvalue weighted by Gasteiger charge is 2.20. The summed E-state index contributed by atoms with van der Waals surface area (Å²) in [5.74, 6) is -0.990. The molecule has 0 aliphatic carbocycles. The number of nitrogens with one attached hydrogen (secondary N) is 1. The molecule has 0 saturated heterocycles. The van der Waals surface area contributed by atoms with E-state index in [1.165, 1.54) is 36.2 Å². The molecule has 0 spiro atoms. The van der Waals surface area contributed by atoms with E-state index in [4.69, 9.17) is 27.6 Å². The molecule has 2 aromatic carbocycles. The van der Waals surface area contributed by atoms with Gasteiger partial charge in [0, 0.05) is 23.3 Å². The summed E-state index contributed by atoms with van der Waals surface area (Å²) in [7, 11) is 1.46. The molecule has 1 heterocycles. The Bertz CT molecular complexity index is 1040. The highest BCUT2D eigenvalue weighted by Crippen LogP contribution is 2.32. The van der Waals surface area contributed by atoms with Crippen molar-refractivity contribution >= 4 is 40.7 Å². The number of furan rings is 1. The molecule has 3 rings (SSSR count). The average molecular weight is 421 g/mol. The van der Waals surface area contributed by atoms with E-state index in [1.807, 2.05) is 0 Å². The zero-order chi connectivity index (χ0) is 20.3. The third kappa shape index (κ3) is 4.71. The number of halogens is 3. The summed E-state index contributed by atoms with van der Waals surface area (Å²) in [6.45, 7) is -0.233. The molecule has 3 aromatic rings. The lowest BCUT2D eigenvalue weighted by Gasteiger charge is -2.15. The van der Waals surface area contributed by atoms with Crippen molar-refractivity contribution in [2.45, 2.75) is 0 Å². The normalized spacial score (nSPS) is 10.6. The Morgan fingerprint density at radius 2 is 1.89 bits per heavy atom. The second-order valence-corrected chi connectivity index (χ2v) is 6.85. The number of likely N-dealkylation sites (N-methyl/N-ethyl adjacent to an activating group) is 1. The van der Waals surface area contributed by atoms with E-state index in [0.29, 0.717) is 27.1 Å². The largest absolute Gasteiger partial charge is 0.451 e. The molecule has 0 fully saturated rings. The molecular weight excluding hydrogens is 406 g/mol. The van der Waals surface area contributed by atoms with Gasteiger partial charge in [0.25, 0.3) is 5.91 Å². The molecule has 0 unspecified atom stereocenters. The number of rotatable bonds is 5. The lowest BCUT2D eigenvalue weighted by atomic mass is 10.2. The number of amides is 2. The second-order valence-electron chi connectivity index (χ2n) is 6.01. The molecule has 0 bridgehead atoms. The van der Waals surface area contributed by atoms with Crippen LogP contribution in [0.1, 0.15) is 10.6 Å². The number of hydrogen-bond acceptors (Lipinski definition) is 3. The first kappa shape index (κ1) is 19.9. The van der Waals surface area contributed by atoms with Crippen molar-refractivity contribution < 1.29 is 18.4 Å². The van der Waals surface area contributed by atoms with Gasteiger partial charge in [-0.05, 0) is 48.5 Å². The highest BCUT2D eigenvalue weighted by atomic mass is 35.5. The van der Waals surface area contributed by atoms with Crippen LogP contribution in [0.2, 0.25) is 10.0 Å². The Morgan fingerprint density at radius 1 is 1.11 bits per heavy atom. The fourth-order valence-corrected chi connectivity index (χ4v) is 2.91. The Hall–Kier alpha value is -2.83. The number of anilines is 1. The van der Waals surface area contributed by atoms with Crippen molar-refractivity contribution in [3.8, 4) is 11.3 Å². The summed E-state index contributed by atoms with van der Waals surface area (Å²) in [6, 6.07) is 13.5. The average Bonchev–Trinajstić information content (AvgIpc) is 3.12. The van der Waals surface area contributed by atoms with Gasteiger partial charge in [0.05, 0.1) is 11.6 Å². The fraction of sp³-hybridized carbons (Fsp3) is 0.100. The summed E-state index contributed by atoms with van der Waals surface area (Å²) in [5, 5.41) is 3.44. The van der Waals surface area contributed by atoms with Crippen LogP contribution in [0.5, 0.6) is 0 Å². The molecule has 2 amide bonds. The zero-order valence-electron chi connectivity index (χ0n) is 14.7. The summed E-state index contributed by atoms with van der Waals surface area (Å²) >= 11 is 12.1. The molecule has 0 radical (unpaired) electrons. The summed E-state index contributed by atoms with van der Waals surface area (Å²) in [4.78, 5) is 25.8. The first-order valence-corrected chi connectivity index (χ1v) is 8.95. The minimum Gasteiger partial charge on any atom is -0.451 e. The molecular formula is C20H15Cl2FN2O3. The molecule has 1 aromatic heterocycles. The second kappa shape index (κ2) is 8.46. The van der Waals surface area contributed by atoms with Crippen molar-refractivity contribution in [3.63, 3.8) is 0 Å². The van der Waals surface area contributed by atoms with Gasteiger partial charge in [0.2, 0.25) is 5.91 Å². The number of hydrogen-bond donors (Lipinski definition) is 1. The standard InChI is InChI=1S/C20H15Cl2FN2O3/c1-25(11-19(26)24-14-4-2-3-13(23)10-14)20(27)18-8-7-17(28-18)15-9-12(21)5-6-16(15)22/h2-10H,11H2,1H3,(H,24,26). The van der Waals surface area contributed by atoms with Gasteiger partial charge in [0.1, 0.15) is 11.6 Å². The lowest BCUT2D eigenvalue weighted by molar-refractivity contribution is -0.116. The van der Waals surface area contributed by atoms with Crippen LogP contribution in [0, 0.1) is 5.82 Å². The molecule has 1 N–H and O–H groups in total. The van der Waals surface area contributed by atoms with Crippen molar-refractivity contribution in [1.82, 2.24) is 4.90 Å². The third-order valence-electron chi connectivity index (χ3n) is 3.85. The molecule has 0 atom stereocenters. The lowest BCUT2D eigenvalue weighted by Crippen LogP contribution is -2.34. The molecule has 0 saturated carbocycles. The van der Waals surface area contributed by atoms with E-state index in [9.17, 15) is 14.0 Å². The smallest absolute Gasteiger partial charge is 0.289 e. The number of carbonyl (C=O) groups is 2. The minimum absolute atomic E-state index is 0.0482. The summed E-state index contributed by atoms with van der Waals surface area (Å²) in [6.07, 6.45) is 0. The van der Waals surface area contributed by atoms with E-state index in [-0.39, 0.29) is 12.3 Å². The monoisotopic (exact) mass is 420 g/mol. The Morgan fingerprint density at radius 3 is 2.64 bits per heavy atom. The van der Waals surface area contributed by atoms with Gasteiger partial charge in [-0.25, -0.2) is 4.39 Å². The highest BCUT2D eigenvalue weighted by molar-refractivity contribution is 6.35. The van der Waals surface area contributed by atoms with Crippen LogP contribution in [0.4, 0.5) is 10.1 Å². The maximum Gasteiger partial charge on any atom is 0.289 e. The predicted molar refractivity (Wildman–Crippen MR) is 106 cm³/mol. The predicted octanol–water partition coefficient (Wildman–Crippen LogP) is 5.10. The van der Waals surface area contributed by atoms with Gasteiger partial charge in [-0.2, -0.15) is 0 Å². The van der Waals surface area contributed by atoms with Crippen LogP contribution >= 0.6 is 23.2 Å². The zero-order valence-corrected chi connectivity index (χ0v) is 16.2. The van der Waals surface area contributed by atoms with Crippen LogP contribution < -0.4 is 5.32 Å². The fourth-order valence-electron chi connectivity index (χ4n) is 2.53. The van der Waals surface area contributed by atoms with Gasteiger partial charge < -0.3 is 14.6 Å². The first-order chi connectivity index (χ1) is 13.3. The van der Waals surface area contributed by atoms with Gasteiger partial charge in [-0.1, -0.05) is 29.3 Å². The minimum atomic E-state index is -0.487. The molecule has 144 valence electrons. The maximum absolute atomic E-state index is 13.2. The topological polar surface area (TPSA) is 62.6 Å². The van der Waals surface area contributed by atoms with E-state index >= 15 is 0 Å². The van der Waals surface area contributed by atoms with Gasteiger partial charge in [-0.3, -0.25) is 9.59 Å². The van der Waals surface area contributed by atoms with Crippen molar-refractivity contribution in [1.29, 1.82) is 0 Å². The quantitative estimate of drug-likeness (QED) is 0.623. The van der Waals surface area contributed by atoms with E-state index < -0.39 is 17.6 Å². The van der Waals surface area contributed by atoms with E-state index in [2.05, 4.69) is 5.32 Å². The third-order valence-corrected chi connectivity index (χ3v) is 4.41. The van der Waals surface area contributed by atoms with Crippen LogP contribution in [0.15, 0.2) is 59.0 Å². The molecule has 8 heteroatoms. The Balaban J connectivity index is 1.67. The SMILES string of the molecule is CN(CC(=O)Nc1cccc(F)c1)C(=O)c1ccc(-c2cc(Cl)ccc2Cl)o1. The molecule has 0 aliphatic heterocycles. The summed E-state index contributed by atoms with van der Waals surface area (Å²) in [5.41, 5.74) is 0.862. The van der Waals surface area contributed by atoms with Crippen LogP contribution in [-0.2, 0) is 4.79 Å². The van der Waals surface area contributed by atoms with Crippen molar-refractivity contribution in [2.24, 2.45) is 0 Å². The Labute approximate surface area is 170 Å². The van der Waals surface area contributed by atoms with Crippen molar-refractivity contribution in [3.05, 3.63) is 76.2 Å². The van der Waals surface area contributed by atoms with Crippen LogP contribution in [0.3, 0.4) is 0 Å².